The predicted molar refractivity (Wildman–Crippen MR) is 70.5 cm³/mol. The fourth-order valence-corrected chi connectivity index (χ4v) is 1.78. The van der Waals surface area contributed by atoms with Gasteiger partial charge in [-0.05, 0) is 20.3 Å². The second-order valence-electron chi connectivity index (χ2n) is 4.55. The van der Waals surface area contributed by atoms with E-state index in [1.54, 1.807) is 13.8 Å². The highest BCUT2D eigenvalue weighted by molar-refractivity contribution is 5.85. The second-order valence-corrected chi connectivity index (χ2v) is 4.55. The van der Waals surface area contributed by atoms with Gasteiger partial charge >= 0.3 is 11.9 Å². The number of nitrogens with one attached hydrogen (secondary N) is 1. The summed E-state index contributed by atoms with van der Waals surface area (Å²) in [6, 6.07) is -1.14. The number of rotatable bonds is 7. The molecule has 1 atom stereocenters. The molecule has 1 heterocycles. The molecule has 0 aliphatic carbocycles. The molecule has 1 amide bonds. The molecule has 0 saturated heterocycles. The van der Waals surface area contributed by atoms with E-state index in [1.807, 2.05) is 0 Å². The molecule has 0 radical (unpaired) electrons. The van der Waals surface area contributed by atoms with E-state index in [0.717, 1.165) is 0 Å². The number of carbonyl (C=O) groups is 3. The molecule has 21 heavy (non-hydrogen) atoms. The van der Waals surface area contributed by atoms with E-state index in [9.17, 15) is 14.4 Å². The van der Waals surface area contributed by atoms with Gasteiger partial charge in [-0.25, -0.2) is 4.79 Å². The molecule has 0 spiro atoms. The Morgan fingerprint density at radius 1 is 1.38 bits per heavy atom. The molecular weight excluding hydrogens is 280 g/mol. The van der Waals surface area contributed by atoms with Crippen molar-refractivity contribution >= 4 is 17.8 Å². The van der Waals surface area contributed by atoms with E-state index in [0.29, 0.717) is 17.0 Å². The van der Waals surface area contributed by atoms with Gasteiger partial charge in [0.25, 0.3) is 0 Å². The quantitative estimate of drug-likeness (QED) is 0.697. The number of hydrogen-bond donors (Lipinski definition) is 2. The highest BCUT2D eigenvalue weighted by Gasteiger charge is 2.22. The smallest absolute Gasteiger partial charge is 0.326 e. The molecule has 8 nitrogen and oxygen atoms in total. The molecule has 1 rings (SSSR count). The topological polar surface area (TPSA) is 119 Å². The lowest BCUT2D eigenvalue weighted by Gasteiger charge is -2.13. The average molecular weight is 298 g/mol. The fourth-order valence-electron chi connectivity index (χ4n) is 1.78. The van der Waals surface area contributed by atoms with E-state index >= 15 is 0 Å². The van der Waals surface area contributed by atoms with Crippen molar-refractivity contribution in [3.05, 3.63) is 17.0 Å². The third kappa shape index (κ3) is 4.90. The summed E-state index contributed by atoms with van der Waals surface area (Å²) in [7, 11) is 1.22. The summed E-state index contributed by atoms with van der Waals surface area (Å²) < 4.78 is 9.37. The van der Waals surface area contributed by atoms with Crippen LogP contribution in [0.25, 0.3) is 0 Å². The Kier molecular flexibility index (Phi) is 5.89. The zero-order valence-electron chi connectivity index (χ0n) is 12.1. The number of aryl methyl sites for hydroxylation is 2. The van der Waals surface area contributed by atoms with E-state index < -0.39 is 23.9 Å². The number of amides is 1. The summed E-state index contributed by atoms with van der Waals surface area (Å²) in [5, 5.41) is 15.1. The normalized spacial score (nSPS) is 11.8. The number of esters is 1. The van der Waals surface area contributed by atoms with Gasteiger partial charge in [0, 0.05) is 12.0 Å². The first kappa shape index (κ1) is 16.7. The summed E-state index contributed by atoms with van der Waals surface area (Å²) in [6.07, 6.45) is -0.141. The lowest BCUT2D eigenvalue weighted by molar-refractivity contribution is -0.144. The first-order chi connectivity index (χ1) is 9.85. The summed E-state index contributed by atoms with van der Waals surface area (Å²) in [4.78, 5) is 34.0. The van der Waals surface area contributed by atoms with E-state index in [4.69, 9.17) is 9.63 Å². The predicted octanol–water partition coefficient (Wildman–Crippen LogP) is 0.357. The van der Waals surface area contributed by atoms with Gasteiger partial charge in [-0.3, -0.25) is 9.59 Å². The van der Waals surface area contributed by atoms with Crippen LogP contribution in [0.3, 0.4) is 0 Å². The zero-order chi connectivity index (χ0) is 16.0. The number of aromatic nitrogens is 1. The van der Waals surface area contributed by atoms with Crippen molar-refractivity contribution in [2.24, 2.45) is 0 Å². The van der Waals surface area contributed by atoms with Crippen molar-refractivity contribution in [3.63, 3.8) is 0 Å². The molecule has 116 valence electrons. The standard InChI is InChI=1S/C13H18N2O6/c1-7-9(8(2)21-15-7)6-11(16)14-10(13(18)19)4-5-12(17)20-3/h10H,4-6H2,1-3H3,(H,14,16)(H,18,19). The number of ether oxygens (including phenoxy) is 1. The van der Waals surface area contributed by atoms with Crippen LogP contribution in [0.1, 0.15) is 29.9 Å². The van der Waals surface area contributed by atoms with Crippen molar-refractivity contribution in [1.29, 1.82) is 0 Å². The van der Waals surface area contributed by atoms with Crippen LogP contribution in [0.15, 0.2) is 4.52 Å². The van der Waals surface area contributed by atoms with Crippen molar-refractivity contribution in [3.8, 4) is 0 Å². The molecule has 0 aliphatic heterocycles. The fraction of sp³-hybridized carbons (Fsp3) is 0.538. The number of carboxylic acids is 1. The SMILES string of the molecule is COC(=O)CCC(NC(=O)Cc1c(C)noc1C)C(=O)O. The van der Waals surface area contributed by atoms with Crippen molar-refractivity contribution in [2.45, 2.75) is 39.2 Å². The van der Waals surface area contributed by atoms with Crippen LogP contribution in [0.4, 0.5) is 0 Å². The largest absolute Gasteiger partial charge is 0.480 e. The highest BCUT2D eigenvalue weighted by atomic mass is 16.5. The van der Waals surface area contributed by atoms with Crippen molar-refractivity contribution < 1.29 is 28.8 Å². The third-order valence-electron chi connectivity index (χ3n) is 3.02. The Morgan fingerprint density at radius 2 is 2.05 bits per heavy atom. The van der Waals surface area contributed by atoms with Gasteiger partial charge in [-0.1, -0.05) is 5.16 Å². The molecule has 1 unspecified atom stereocenters. The number of methoxy groups -OCH3 is 1. The number of nitrogens with zero attached hydrogens (tertiary/aromatic N) is 1. The number of aliphatic carboxylic acids is 1. The lowest BCUT2D eigenvalue weighted by atomic mass is 10.1. The summed E-state index contributed by atoms with van der Waals surface area (Å²) in [6.45, 7) is 3.37. The summed E-state index contributed by atoms with van der Waals surface area (Å²) in [5.74, 6) is -1.68. The summed E-state index contributed by atoms with van der Waals surface area (Å²) >= 11 is 0. The van der Waals surface area contributed by atoms with E-state index in [2.05, 4.69) is 15.2 Å². The second kappa shape index (κ2) is 7.41. The molecular formula is C13H18N2O6. The summed E-state index contributed by atoms with van der Waals surface area (Å²) in [5.41, 5.74) is 1.22. The first-order valence-electron chi connectivity index (χ1n) is 6.35. The van der Waals surface area contributed by atoms with Gasteiger partial charge in [-0.15, -0.1) is 0 Å². The minimum absolute atomic E-state index is 0.0246. The van der Waals surface area contributed by atoms with Crippen LogP contribution in [0.2, 0.25) is 0 Å². The van der Waals surface area contributed by atoms with Gasteiger partial charge in [0.2, 0.25) is 5.91 Å². The van der Waals surface area contributed by atoms with Crippen molar-refractivity contribution in [1.82, 2.24) is 10.5 Å². The van der Waals surface area contributed by atoms with Gasteiger partial charge in [0.05, 0.1) is 19.2 Å². The number of carbonyl (C=O) groups excluding carboxylic acids is 2. The van der Waals surface area contributed by atoms with Crippen LogP contribution in [0, 0.1) is 13.8 Å². The molecule has 0 fully saturated rings. The highest BCUT2D eigenvalue weighted by Crippen LogP contribution is 2.13. The maximum Gasteiger partial charge on any atom is 0.326 e. The number of carboxylic acid groups (broad SMARTS) is 1. The molecule has 8 heteroatoms. The van der Waals surface area contributed by atoms with E-state index in [-0.39, 0.29) is 19.3 Å². The Bertz CT molecular complexity index is 517. The maximum atomic E-state index is 11.9. The number of hydrogen-bond acceptors (Lipinski definition) is 6. The molecule has 0 saturated carbocycles. The minimum atomic E-state index is -1.20. The minimum Gasteiger partial charge on any atom is -0.480 e. The van der Waals surface area contributed by atoms with Crippen LogP contribution in [0.5, 0.6) is 0 Å². The lowest BCUT2D eigenvalue weighted by Crippen LogP contribution is -2.41. The molecule has 1 aromatic heterocycles. The first-order valence-corrected chi connectivity index (χ1v) is 6.35. The van der Waals surface area contributed by atoms with Gasteiger partial charge in [0.15, 0.2) is 0 Å². The molecule has 0 aromatic carbocycles. The van der Waals surface area contributed by atoms with E-state index in [1.165, 1.54) is 7.11 Å². The monoisotopic (exact) mass is 298 g/mol. The molecule has 1 aromatic rings. The molecule has 0 bridgehead atoms. The van der Waals surface area contributed by atoms with Crippen LogP contribution in [-0.4, -0.2) is 41.3 Å². The van der Waals surface area contributed by atoms with Crippen LogP contribution >= 0.6 is 0 Å². The van der Waals surface area contributed by atoms with Gasteiger partial charge < -0.3 is 19.7 Å². The zero-order valence-corrected chi connectivity index (χ0v) is 12.1. The third-order valence-corrected chi connectivity index (χ3v) is 3.02. The Balaban J connectivity index is 2.61. The van der Waals surface area contributed by atoms with Gasteiger partial charge in [0.1, 0.15) is 11.8 Å². The average Bonchev–Trinajstić information content (AvgIpc) is 2.74. The Labute approximate surface area is 121 Å². The Morgan fingerprint density at radius 3 is 2.52 bits per heavy atom. The van der Waals surface area contributed by atoms with Crippen LogP contribution in [-0.2, 0) is 25.5 Å². The molecule has 2 N–H and O–H groups in total. The van der Waals surface area contributed by atoms with Gasteiger partial charge in [-0.2, -0.15) is 0 Å². The Hall–Kier alpha value is -2.38. The van der Waals surface area contributed by atoms with Crippen molar-refractivity contribution in [2.75, 3.05) is 7.11 Å². The maximum absolute atomic E-state index is 11.9. The molecule has 0 aliphatic rings. The van der Waals surface area contributed by atoms with Crippen LogP contribution < -0.4 is 5.32 Å².